The minimum absolute atomic E-state index is 0.0306. The summed E-state index contributed by atoms with van der Waals surface area (Å²) in [6.45, 7) is 1.95. The van der Waals surface area contributed by atoms with Gasteiger partial charge in [0.25, 0.3) is 0 Å². The zero-order chi connectivity index (χ0) is 19.0. The molecule has 0 radical (unpaired) electrons. The Morgan fingerprint density at radius 2 is 1.96 bits per heavy atom. The Kier molecular flexibility index (Phi) is 4.07. The molecule has 1 aromatic heterocycles. The molecule has 0 fully saturated rings. The van der Waals surface area contributed by atoms with E-state index in [1.165, 1.54) is 0 Å². The molecule has 0 saturated carbocycles. The highest BCUT2D eigenvalue weighted by Crippen LogP contribution is 2.40. The number of carboxylic acids is 1. The topological polar surface area (TPSA) is 89.3 Å². The van der Waals surface area contributed by atoms with Crippen molar-refractivity contribution in [3.8, 4) is 28.5 Å². The molecule has 4 rings (SSSR count). The number of aromatic nitrogens is 3. The first-order valence-electron chi connectivity index (χ1n) is 8.71. The first-order chi connectivity index (χ1) is 13.0. The van der Waals surface area contributed by atoms with Gasteiger partial charge in [0.15, 0.2) is 11.6 Å². The molecule has 2 aromatic carbocycles. The van der Waals surface area contributed by atoms with E-state index in [1.807, 2.05) is 55.5 Å². The van der Waals surface area contributed by atoms with Gasteiger partial charge in [0, 0.05) is 29.7 Å². The number of para-hydroxylation sites is 1. The van der Waals surface area contributed by atoms with Gasteiger partial charge in [0.1, 0.15) is 11.4 Å². The van der Waals surface area contributed by atoms with Crippen molar-refractivity contribution in [1.82, 2.24) is 14.8 Å². The predicted molar refractivity (Wildman–Crippen MR) is 102 cm³/mol. The molecule has 0 aliphatic carbocycles. The Morgan fingerprint density at radius 1 is 1.22 bits per heavy atom. The maximum Gasteiger partial charge on any atom is 0.303 e. The third-order valence-electron chi connectivity index (χ3n) is 4.82. The van der Waals surface area contributed by atoms with Crippen molar-refractivity contribution in [1.29, 1.82) is 0 Å². The normalized spacial score (nSPS) is 17.6. The van der Waals surface area contributed by atoms with Gasteiger partial charge in [-0.25, -0.2) is 9.67 Å². The van der Waals surface area contributed by atoms with Gasteiger partial charge in [0.05, 0.1) is 7.11 Å². The number of benzene rings is 2. The maximum absolute atomic E-state index is 11.1. The third-order valence-corrected chi connectivity index (χ3v) is 4.82. The Morgan fingerprint density at radius 3 is 2.67 bits per heavy atom. The molecule has 7 heteroatoms. The summed E-state index contributed by atoms with van der Waals surface area (Å²) in [4.78, 5) is 15.9. The number of carboxylic acid groups (broad SMARTS) is 1. The molecule has 0 spiro atoms. The highest BCUT2D eigenvalue weighted by atomic mass is 16.5. The molecule has 7 nitrogen and oxygen atoms in total. The fourth-order valence-corrected chi connectivity index (χ4v) is 3.34. The molecule has 0 bridgehead atoms. The zero-order valence-corrected chi connectivity index (χ0v) is 15.1. The zero-order valence-electron chi connectivity index (χ0n) is 15.1. The molecule has 0 amide bonds. The van der Waals surface area contributed by atoms with Gasteiger partial charge < -0.3 is 15.2 Å². The quantitative estimate of drug-likeness (QED) is 0.719. The van der Waals surface area contributed by atoms with Crippen LogP contribution in [0.5, 0.6) is 5.75 Å². The summed E-state index contributed by atoms with van der Waals surface area (Å²) in [6, 6.07) is 15.4. The largest absolute Gasteiger partial charge is 0.497 e. The summed E-state index contributed by atoms with van der Waals surface area (Å²) < 4.78 is 7.01. The van der Waals surface area contributed by atoms with Crippen LogP contribution in [0.3, 0.4) is 0 Å². The molecule has 1 aliphatic rings. The average molecular weight is 364 g/mol. The highest BCUT2D eigenvalue weighted by Gasteiger charge is 2.37. The number of hydrogen-bond donors (Lipinski definition) is 2. The van der Waals surface area contributed by atoms with E-state index < -0.39 is 11.6 Å². The minimum Gasteiger partial charge on any atom is -0.497 e. The molecule has 2 N–H and O–H groups in total. The number of aliphatic carboxylic acids is 1. The molecule has 27 heavy (non-hydrogen) atoms. The standard InChI is InChI=1S/C20H20N4O3/c1-20(12-11-17(25)26)22-16-6-4-3-5-15(16)19-21-18(23-24(19)20)13-7-9-14(27-2)10-8-13/h3-10,22H,11-12H2,1-2H3,(H,25,26)/t20-/m0/s1. The van der Waals surface area contributed by atoms with E-state index in [4.69, 9.17) is 19.9 Å². The predicted octanol–water partition coefficient (Wildman–Crippen LogP) is 3.58. The van der Waals surface area contributed by atoms with Crippen LogP contribution in [0.1, 0.15) is 19.8 Å². The minimum atomic E-state index is -0.839. The average Bonchev–Trinajstić information content (AvgIpc) is 3.13. The van der Waals surface area contributed by atoms with Crippen LogP contribution >= 0.6 is 0 Å². The lowest BCUT2D eigenvalue weighted by molar-refractivity contribution is -0.137. The van der Waals surface area contributed by atoms with E-state index >= 15 is 0 Å². The fourth-order valence-electron chi connectivity index (χ4n) is 3.34. The number of nitrogens with zero attached hydrogens (tertiary/aromatic N) is 3. The molecule has 1 atom stereocenters. The summed E-state index contributed by atoms with van der Waals surface area (Å²) in [6.07, 6.45) is 0.415. The Balaban J connectivity index is 1.82. The number of nitrogens with one attached hydrogen (secondary N) is 1. The Bertz CT molecular complexity index is 997. The van der Waals surface area contributed by atoms with E-state index in [9.17, 15) is 4.79 Å². The van der Waals surface area contributed by atoms with Crippen molar-refractivity contribution in [3.63, 3.8) is 0 Å². The van der Waals surface area contributed by atoms with Crippen LogP contribution in [0, 0.1) is 0 Å². The summed E-state index contributed by atoms with van der Waals surface area (Å²) in [5.41, 5.74) is 2.06. The van der Waals surface area contributed by atoms with E-state index in [2.05, 4.69) is 5.32 Å². The molecule has 3 aromatic rings. The Hall–Kier alpha value is -3.35. The van der Waals surface area contributed by atoms with Gasteiger partial charge in [-0.3, -0.25) is 4.79 Å². The second-order valence-electron chi connectivity index (χ2n) is 6.74. The second kappa shape index (κ2) is 6.42. The highest BCUT2D eigenvalue weighted by molar-refractivity contribution is 5.78. The van der Waals surface area contributed by atoms with Crippen LogP contribution in [0.4, 0.5) is 5.69 Å². The molecule has 138 valence electrons. The molecular formula is C20H20N4O3. The van der Waals surface area contributed by atoms with E-state index in [1.54, 1.807) is 11.8 Å². The van der Waals surface area contributed by atoms with Gasteiger partial charge in [0.2, 0.25) is 0 Å². The van der Waals surface area contributed by atoms with Crippen molar-refractivity contribution in [2.45, 2.75) is 25.4 Å². The van der Waals surface area contributed by atoms with Crippen LogP contribution < -0.4 is 10.1 Å². The number of fused-ring (bicyclic) bond motifs is 3. The third kappa shape index (κ3) is 3.01. The summed E-state index contributed by atoms with van der Waals surface area (Å²) in [5.74, 6) is 1.24. The van der Waals surface area contributed by atoms with Crippen molar-refractivity contribution in [3.05, 3.63) is 48.5 Å². The smallest absolute Gasteiger partial charge is 0.303 e. The van der Waals surface area contributed by atoms with Gasteiger partial charge >= 0.3 is 5.97 Å². The van der Waals surface area contributed by atoms with Crippen molar-refractivity contribution < 1.29 is 14.6 Å². The van der Waals surface area contributed by atoms with Gasteiger partial charge in [-0.15, -0.1) is 5.10 Å². The molecule has 1 aliphatic heterocycles. The SMILES string of the molecule is COc1ccc(-c2nc3n(n2)[C@@](C)(CCC(=O)O)Nc2ccccc2-3)cc1. The summed E-state index contributed by atoms with van der Waals surface area (Å²) in [7, 11) is 1.62. The van der Waals surface area contributed by atoms with Crippen LogP contribution in [-0.2, 0) is 10.5 Å². The van der Waals surface area contributed by atoms with Crippen LogP contribution in [-0.4, -0.2) is 33.0 Å². The lowest BCUT2D eigenvalue weighted by atomic mass is 10.00. The number of methoxy groups -OCH3 is 1. The molecule has 2 heterocycles. The van der Waals surface area contributed by atoms with Gasteiger partial charge in [-0.2, -0.15) is 0 Å². The van der Waals surface area contributed by atoms with Crippen molar-refractivity contribution in [2.75, 3.05) is 12.4 Å². The molecule has 0 saturated heterocycles. The van der Waals surface area contributed by atoms with Gasteiger partial charge in [-0.05, 0) is 43.3 Å². The summed E-state index contributed by atoms with van der Waals surface area (Å²) in [5, 5.41) is 17.3. The second-order valence-corrected chi connectivity index (χ2v) is 6.74. The first-order valence-corrected chi connectivity index (χ1v) is 8.71. The van der Waals surface area contributed by atoms with E-state index in [0.29, 0.717) is 12.2 Å². The van der Waals surface area contributed by atoms with E-state index in [-0.39, 0.29) is 6.42 Å². The number of ether oxygens (including phenoxy) is 1. The Labute approximate surface area is 156 Å². The monoisotopic (exact) mass is 364 g/mol. The van der Waals surface area contributed by atoms with Crippen LogP contribution in [0.25, 0.3) is 22.8 Å². The molecular weight excluding hydrogens is 344 g/mol. The number of anilines is 1. The fraction of sp³-hybridized carbons (Fsp3) is 0.250. The van der Waals surface area contributed by atoms with Crippen LogP contribution in [0.15, 0.2) is 48.5 Å². The van der Waals surface area contributed by atoms with E-state index in [0.717, 1.165) is 28.4 Å². The van der Waals surface area contributed by atoms with Crippen molar-refractivity contribution >= 4 is 11.7 Å². The van der Waals surface area contributed by atoms with Gasteiger partial charge in [-0.1, -0.05) is 12.1 Å². The number of carbonyl (C=O) groups is 1. The van der Waals surface area contributed by atoms with Crippen LogP contribution in [0.2, 0.25) is 0 Å². The lowest BCUT2D eigenvalue weighted by Crippen LogP contribution is -2.43. The number of hydrogen-bond acceptors (Lipinski definition) is 5. The number of rotatable bonds is 5. The van der Waals surface area contributed by atoms with Crippen molar-refractivity contribution in [2.24, 2.45) is 0 Å². The maximum atomic E-state index is 11.1. The first kappa shape index (κ1) is 17.1. The summed E-state index contributed by atoms with van der Waals surface area (Å²) >= 11 is 0. The molecule has 0 unspecified atom stereocenters. The lowest BCUT2D eigenvalue weighted by Gasteiger charge is -2.37.